The number of aromatic carboxylic acids is 1. The van der Waals surface area contributed by atoms with Crippen LogP contribution in [-0.4, -0.2) is 24.5 Å². The van der Waals surface area contributed by atoms with E-state index in [1.807, 2.05) is 13.8 Å². The van der Waals surface area contributed by atoms with Gasteiger partial charge >= 0.3 is 12.3 Å². The second-order valence-corrected chi connectivity index (χ2v) is 2.72. The minimum Gasteiger partial charge on any atom is -0.496 e. The fourth-order valence-corrected chi connectivity index (χ4v) is 1.05. The molecule has 0 aliphatic heterocycles. The van der Waals surface area contributed by atoms with E-state index in [2.05, 4.69) is 9.47 Å². The summed E-state index contributed by atoms with van der Waals surface area (Å²) in [6, 6.07) is 2.73. The van der Waals surface area contributed by atoms with Crippen LogP contribution in [0.3, 0.4) is 0 Å². The highest BCUT2D eigenvalue weighted by Gasteiger charge is 2.31. The Bertz CT molecular complexity index is 402. The average Bonchev–Trinajstić information content (AvgIpc) is 2.29. The fourth-order valence-electron chi connectivity index (χ4n) is 1.05. The molecule has 0 aliphatic rings. The van der Waals surface area contributed by atoms with Crippen LogP contribution in [0, 0.1) is 0 Å². The first-order valence-corrected chi connectivity index (χ1v) is 5.00. The minimum atomic E-state index is -4.82. The molecule has 0 unspecified atom stereocenters. The molecule has 0 saturated carbocycles. The van der Waals surface area contributed by atoms with Crippen molar-refractivity contribution in [2.75, 3.05) is 7.11 Å². The highest BCUT2D eigenvalue weighted by molar-refractivity contribution is 5.91. The molecule has 102 valence electrons. The van der Waals surface area contributed by atoms with Crippen molar-refractivity contribution in [2.24, 2.45) is 0 Å². The molecule has 1 aromatic carbocycles. The highest BCUT2D eigenvalue weighted by atomic mass is 19.4. The zero-order chi connectivity index (χ0) is 14.3. The van der Waals surface area contributed by atoms with Gasteiger partial charge in [0.05, 0.1) is 7.11 Å². The van der Waals surface area contributed by atoms with E-state index < -0.39 is 18.1 Å². The number of halogens is 3. The van der Waals surface area contributed by atoms with Crippen molar-refractivity contribution in [3.63, 3.8) is 0 Å². The Labute approximate surface area is 102 Å². The van der Waals surface area contributed by atoms with Crippen LogP contribution in [0.5, 0.6) is 11.5 Å². The zero-order valence-corrected chi connectivity index (χ0v) is 10.0. The van der Waals surface area contributed by atoms with E-state index in [-0.39, 0.29) is 11.3 Å². The average molecular weight is 266 g/mol. The molecule has 1 N–H and O–H groups in total. The smallest absolute Gasteiger partial charge is 0.496 e. The van der Waals surface area contributed by atoms with Gasteiger partial charge in [0.15, 0.2) is 0 Å². The van der Waals surface area contributed by atoms with Crippen molar-refractivity contribution in [3.05, 3.63) is 23.8 Å². The molecular weight excluding hydrogens is 253 g/mol. The van der Waals surface area contributed by atoms with Crippen molar-refractivity contribution in [1.29, 1.82) is 0 Å². The Morgan fingerprint density at radius 2 is 1.83 bits per heavy atom. The van der Waals surface area contributed by atoms with Gasteiger partial charge in [0.1, 0.15) is 17.1 Å². The first-order valence-electron chi connectivity index (χ1n) is 5.00. The maximum atomic E-state index is 11.9. The number of ether oxygens (including phenoxy) is 2. The first kappa shape index (κ1) is 16.1. The second-order valence-electron chi connectivity index (χ2n) is 2.72. The Kier molecular flexibility index (Phi) is 6.01. The van der Waals surface area contributed by atoms with Gasteiger partial charge in [0, 0.05) is 6.07 Å². The highest BCUT2D eigenvalue weighted by Crippen LogP contribution is 2.28. The lowest BCUT2D eigenvalue weighted by Gasteiger charge is -2.11. The normalized spacial score (nSPS) is 10.1. The topological polar surface area (TPSA) is 55.8 Å². The van der Waals surface area contributed by atoms with Crippen LogP contribution in [0.2, 0.25) is 0 Å². The zero-order valence-electron chi connectivity index (χ0n) is 10.0. The Morgan fingerprint density at radius 1 is 1.28 bits per heavy atom. The van der Waals surface area contributed by atoms with Gasteiger partial charge in [-0.3, -0.25) is 0 Å². The van der Waals surface area contributed by atoms with Crippen LogP contribution >= 0.6 is 0 Å². The Hall–Kier alpha value is -1.92. The van der Waals surface area contributed by atoms with E-state index in [9.17, 15) is 18.0 Å². The molecule has 0 amide bonds. The summed E-state index contributed by atoms with van der Waals surface area (Å²) in [5.74, 6) is -2.03. The van der Waals surface area contributed by atoms with Crippen LogP contribution < -0.4 is 9.47 Å². The van der Waals surface area contributed by atoms with E-state index >= 15 is 0 Å². The molecule has 0 fully saturated rings. The van der Waals surface area contributed by atoms with Crippen LogP contribution in [0.15, 0.2) is 18.2 Å². The van der Waals surface area contributed by atoms with Crippen LogP contribution in [0.1, 0.15) is 24.2 Å². The van der Waals surface area contributed by atoms with Crippen molar-refractivity contribution in [2.45, 2.75) is 20.2 Å². The number of carboxylic acid groups (broad SMARTS) is 1. The third-order valence-electron chi connectivity index (χ3n) is 1.64. The standard InChI is InChI=1S/C9H7F3O4.C2H6/c1-15-7-4-5(16-9(10,11)12)2-3-6(7)8(13)14;1-2/h2-4H,1H3,(H,13,14);1-2H3. The predicted octanol–water partition coefficient (Wildman–Crippen LogP) is 3.32. The van der Waals surface area contributed by atoms with Gasteiger partial charge in [0.25, 0.3) is 0 Å². The van der Waals surface area contributed by atoms with Crippen molar-refractivity contribution >= 4 is 5.97 Å². The van der Waals surface area contributed by atoms with Crippen LogP contribution in [0.4, 0.5) is 13.2 Å². The van der Waals surface area contributed by atoms with Gasteiger partial charge in [-0.25, -0.2) is 4.79 Å². The molecule has 1 rings (SSSR count). The Balaban J connectivity index is 0.00000137. The molecule has 1 aromatic rings. The molecular formula is C11H13F3O4. The Morgan fingerprint density at radius 3 is 2.22 bits per heavy atom. The lowest BCUT2D eigenvalue weighted by molar-refractivity contribution is -0.274. The van der Waals surface area contributed by atoms with Gasteiger partial charge < -0.3 is 14.6 Å². The lowest BCUT2D eigenvalue weighted by atomic mass is 10.2. The fraction of sp³-hybridized carbons (Fsp3) is 0.364. The lowest BCUT2D eigenvalue weighted by Crippen LogP contribution is -2.17. The van der Waals surface area contributed by atoms with Crippen LogP contribution in [0.25, 0.3) is 0 Å². The summed E-state index contributed by atoms with van der Waals surface area (Å²) >= 11 is 0. The third-order valence-corrected chi connectivity index (χ3v) is 1.64. The number of carboxylic acids is 1. The van der Waals surface area contributed by atoms with E-state index in [1.54, 1.807) is 0 Å². The second kappa shape index (κ2) is 6.73. The summed E-state index contributed by atoms with van der Waals surface area (Å²) < 4.78 is 43.8. The largest absolute Gasteiger partial charge is 0.573 e. The molecule has 7 heteroatoms. The van der Waals surface area contributed by atoms with E-state index in [4.69, 9.17) is 5.11 Å². The molecule has 0 aliphatic carbocycles. The molecule has 4 nitrogen and oxygen atoms in total. The number of benzene rings is 1. The van der Waals surface area contributed by atoms with E-state index in [0.717, 1.165) is 25.3 Å². The number of hydrogen-bond acceptors (Lipinski definition) is 3. The monoisotopic (exact) mass is 266 g/mol. The molecule has 0 saturated heterocycles. The molecule has 0 aromatic heterocycles. The number of methoxy groups -OCH3 is 1. The maximum absolute atomic E-state index is 11.9. The third kappa shape index (κ3) is 4.94. The molecule has 0 spiro atoms. The SMILES string of the molecule is CC.COc1cc(OC(F)(F)F)ccc1C(=O)O. The molecule has 0 atom stereocenters. The summed E-state index contributed by atoms with van der Waals surface area (Å²) in [7, 11) is 1.15. The van der Waals surface area contributed by atoms with Gasteiger partial charge in [-0.2, -0.15) is 0 Å². The summed E-state index contributed by atoms with van der Waals surface area (Å²) in [5, 5.41) is 8.68. The van der Waals surface area contributed by atoms with Gasteiger partial charge in [-0.15, -0.1) is 13.2 Å². The molecule has 0 heterocycles. The van der Waals surface area contributed by atoms with Crippen molar-refractivity contribution in [1.82, 2.24) is 0 Å². The van der Waals surface area contributed by atoms with Gasteiger partial charge in [0.2, 0.25) is 0 Å². The first-order chi connectivity index (χ1) is 8.33. The van der Waals surface area contributed by atoms with Crippen molar-refractivity contribution < 1.29 is 32.5 Å². The van der Waals surface area contributed by atoms with Gasteiger partial charge in [-0.05, 0) is 12.1 Å². The summed E-state index contributed by atoms with van der Waals surface area (Å²) in [6.07, 6.45) is -4.82. The number of carbonyl (C=O) groups is 1. The molecule has 18 heavy (non-hydrogen) atoms. The predicted molar refractivity (Wildman–Crippen MR) is 58.0 cm³/mol. The molecule has 0 radical (unpaired) electrons. The number of rotatable bonds is 3. The van der Waals surface area contributed by atoms with E-state index in [0.29, 0.717) is 0 Å². The number of alkyl halides is 3. The van der Waals surface area contributed by atoms with Crippen molar-refractivity contribution in [3.8, 4) is 11.5 Å². The van der Waals surface area contributed by atoms with Crippen LogP contribution in [-0.2, 0) is 0 Å². The maximum Gasteiger partial charge on any atom is 0.573 e. The number of hydrogen-bond donors (Lipinski definition) is 1. The summed E-state index contributed by atoms with van der Waals surface area (Å²) in [6.45, 7) is 4.00. The molecule has 0 bridgehead atoms. The summed E-state index contributed by atoms with van der Waals surface area (Å²) in [5.41, 5.74) is -0.239. The summed E-state index contributed by atoms with van der Waals surface area (Å²) in [4.78, 5) is 10.6. The quantitative estimate of drug-likeness (QED) is 0.911. The van der Waals surface area contributed by atoms with E-state index in [1.165, 1.54) is 0 Å². The van der Waals surface area contributed by atoms with Gasteiger partial charge in [-0.1, -0.05) is 13.8 Å². The minimum absolute atomic E-state index is 0.200.